The first kappa shape index (κ1) is 22.3. The van der Waals surface area contributed by atoms with E-state index in [1.807, 2.05) is 30.3 Å². The maximum absolute atomic E-state index is 13.5. The van der Waals surface area contributed by atoms with E-state index in [1.54, 1.807) is 48.5 Å². The summed E-state index contributed by atoms with van der Waals surface area (Å²) in [5.41, 5.74) is 1.51. The summed E-state index contributed by atoms with van der Waals surface area (Å²) >= 11 is 0. The van der Waals surface area contributed by atoms with Crippen LogP contribution < -0.4 is 9.47 Å². The van der Waals surface area contributed by atoms with Crippen molar-refractivity contribution in [3.8, 4) is 11.5 Å². The molecule has 0 radical (unpaired) electrons. The SMILES string of the molecule is COc1cc(S(=O)(=O)c2ccccc2C(=O)c2ccccc2)ccc1OCc1ccccc1. The predicted molar refractivity (Wildman–Crippen MR) is 126 cm³/mol. The molecule has 0 spiro atoms. The summed E-state index contributed by atoms with van der Waals surface area (Å²) in [5, 5.41) is 0. The van der Waals surface area contributed by atoms with Gasteiger partial charge in [0.25, 0.3) is 0 Å². The molecule has 166 valence electrons. The zero-order valence-corrected chi connectivity index (χ0v) is 18.8. The minimum absolute atomic E-state index is 0.0136. The van der Waals surface area contributed by atoms with Crippen LogP contribution in [-0.4, -0.2) is 21.3 Å². The van der Waals surface area contributed by atoms with Crippen LogP contribution in [0.4, 0.5) is 0 Å². The molecule has 4 rings (SSSR count). The van der Waals surface area contributed by atoms with Crippen LogP contribution in [0.3, 0.4) is 0 Å². The van der Waals surface area contributed by atoms with Crippen LogP contribution in [0.15, 0.2) is 113 Å². The zero-order valence-electron chi connectivity index (χ0n) is 18.0. The average molecular weight is 459 g/mol. The first-order chi connectivity index (χ1) is 16.0. The van der Waals surface area contributed by atoms with Crippen LogP contribution in [0.5, 0.6) is 11.5 Å². The number of carbonyl (C=O) groups excluding carboxylic acids is 1. The lowest BCUT2D eigenvalue weighted by Gasteiger charge is -2.14. The minimum atomic E-state index is -4.00. The quantitative estimate of drug-likeness (QED) is 0.334. The third kappa shape index (κ3) is 4.81. The van der Waals surface area contributed by atoms with Gasteiger partial charge < -0.3 is 9.47 Å². The Morgan fingerprint density at radius 3 is 2.09 bits per heavy atom. The molecule has 33 heavy (non-hydrogen) atoms. The van der Waals surface area contributed by atoms with Crippen LogP contribution in [0.1, 0.15) is 21.5 Å². The average Bonchev–Trinajstić information content (AvgIpc) is 2.88. The first-order valence-corrected chi connectivity index (χ1v) is 11.8. The molecular formula is C27H22O5S. The standard InChI is InChI=1S/C27H22O5S/c1-31-25-18-22(16-17-24(25)32-19-20-10-4-2-5-11-20)33(29,30)26-15-9-8-14-23(26)27(28)21-12-6-3-7-13-21/h2-18H,19H2,1H3. The summed E-state index contributed by atoms with van der Waals surface area (Å²) in [6, 6.07) is 28.9. The largest absolute Gasteiger partial charge is 0.493 e. The molecule has 0 atom stereocenters. The van der Waals surface area contributed by atoms with Gasteiger partial charge in [0.2, 0.25) is 9.84 Å². The van der Waals surface area contributed by atoms with Crippen molar-refractivity contribution in [1.82, 2.24) is 0 Å². The van der Waals surface area contributed by atoms with Crippen molar-refractivity contribution < 1.29 is 22.7 Å². The number of ketones is 1. The lowest BCUT2D eigenvalue weighted by atomic mass is 10.0. The molecular weight excluding hydrogens is 436 g/mol. The number of hydrogen-bond acceptors (Lipinski definition) is 5. The lowest BCUT2D eigenvalue weighted by Crippen LogP contribution is -2.11. The summed E-state index contributed by atoms with van der Waals surface area (Å²) in [7, 11) is -2.54. The van der Waals surface area contributed by atoms with E-state index in [-0.39, 0.29) is 21.1 Å². The highest BCUT2D eigenvalue weighted by molar-refractivity contribution is 7.91. The molecule has 4 aromatic rings. The highest BCUT2D eigenvalue weighted by Crippen LogP contribution is 2.34. The Morgan fingerprint density at radius 1 is 0.758 bits per heavy atom. The van der Waals surface area contributed by atoms with Crippen molar-refractivity contribution >= 4 is 15.6 Å². The van der Waals surface area contributed by atoms with E-state index < -0.39 is 9.84 Å². The molecule has 0 aliphatic rings. The van der Waals surface area contributed by atoms with Gasteiger partial charge >= 0.3 is 0 Å². The molecule has 5 nitrogen and oxygen atoms in total. The van der Waals surface area contributed by atoms with Gasteiger partial charge in [0.05, 0.1) is 16.9 Å². The molecule has 0 aliphatic carbocycles. The van der Waals surface area contributed by atoms with Crippen LogP contribution in [0.25, 0.3) is 0 Å². The third-order valence-electron chi connectivity index (χ3n) is 5.14. The van der Waals surface area contributed by atoms with Crippen molar-refractivity contribution in [2.45, 2.75) is 16.4 Å². The Hall–Kier alpha value is -3.90. The molecule has 4 aromatic carbocycles. The Morgan fingerprint density at radius 2 is 1.39 bits per heavy atom. The second-order valence-electron chi connectivity index (χ2n) is 7.28. The van der Waals surface area contributed by atoms with Crippen molar-refractivity contribution in [2.24, 2.45) is 0 Å². The molecule has 0 aliphatic heterocycles. The van der Waals surface area contributed by atoms with Crippen LogP contribution in [-0.2, 0) is 16.4 Å². The lowest BCUT2D eigenvalue weighted by molar-refractivity contribution is 0.103. The Balaban J connectivity index is 1.67. The number of hydrogen-bond donors (Lipinski definition) is 0. The number of benzene rings is 4. The third-order valence-corrected chi connectivity index (χ3v) is 6.95. The molecule has 0 unspecified atom stereocenters. The molecule has 0 bridgehead atoms. The summed E-state index contributed by atoms with van der Waals surface area (Å²) in [6.45, 7) is 0.317. The fraction of sp³-hybridized carbons (Fsp3) is 0.0741. The summed E-state index contributed by atoms with van der Waals surface area (Å²) < 4.78 is 38.2. The van der Waals surface area contributed by atoms with Crippen molar-refractivity contribution in [3.05, 3.63) is 120 Å². The first-order valence-electron chi connectivity index (χ1n) is 10.3. The smallest absolute Gasteiger partial charge is 0.207 e. The van der Waals surface area contributed by atoms with Gasteiger partial charge in [-0.25, -0.2) is 8.42 Å². The van der Waals surface area contributed by atoms with Gasteiger partial charge in [0.15, 0.2) is 17.3 Å². The normalized spacial score (nSPS) is 11.1. The number of rotatable bonds is 8. The van der Waals surface area contributed by atoms with E-state index in [2.05, 4.69) is 0 Å². The number of ether oxygens (including phenoxy) is 2. The molecule has 0 heterocycles. The van der Waals surface area contributed by atoms with E-state index in [1.165, 1.54) is 31.4 Å². The van der Waals surface area contributed by atoms with Gasteiger partial charge in [-0.05, 0) is 29.8 Å². The zero-order chi connectivity index (χ0) is 23.3. The summed E-state index contributed by atoms with van der Waals surface area (Å²) in [6.07, 6.45) is 0. The van der Waals surface area contributed by atoms with Gasteiger partial charge in [-0.1, -0.05) is 72.8 Å². The molecule has 0 saturated heterocycles. The number of sulfone groups is 1. The topological polar surface area (TPSA) is 69.7 Å². The van der Waals surface area contributed by atoms with E-state index in [0.29, 0.717) is 23.7 Å². The van der Waals surface area contributed by atoms with E-state index >= 15 is 0 Å². The highest BCUT2D eigenvalue weighted by atomic mass is 32.2. The van der Waals surface area contributed by atoms with Crippen LogP contribution >= 0.6 is 0 Å². The fourth-order valence-electron chi connectivity index (χ4n) is 3.43. The van der Waals surface area contributed by atoms with Gasteiger partial charge in [-0.3, -0.25) is 4.79 Å². The van der Waals surface area contributed by atoms with Gasteiger partial charge in [0.1, 0.15) is 6.61 Å². The predicted octanol–water partition coefficient (Wildman–Crippen LogP) is 5.34. The highest BCUT2D eigenvalue weighted by Gasteiger charge is 2.26. The summed E-state index contributed by atoms with van der Waals surface area (Å²) in [5.74, 6) is 0.359. The molecule has 0 fully saturated rings. The monoisotopic (exact) mass is 458 g/mol. The van der Waals surface area contributed by atoms with Gasteiger partial charge in [-0.2, -0.15) is 0 Å². The second-order valence-corrected chi connectivity index (χ2v) is 9.20. The van der Waals surface area contributed by atoms with Gasteiger partial charge in [0, 0.05) is 17.2 Å². The molecule has 0 amide bonds. The fourth-order valence-corrected chi connectivity index (χ4v) is 4.90. The van der Waals surface area contributed by atoms with E-state index in [0.717, 1.165) is 5.56 Å². The maximum atomic E-state index is 13.5. The van der Waals surface area contributed by atoms with Gasteiger partial charge in [-0.15, -0.1) is 0 Å². The van der Waals surface area contributed by atoms with Crippen molar-refractivity contribution in [1.29, 1.82) is 0 Å². The van der Waals surface area contributed by atoms with Crippen molar-refractivity contribution in [3.63, 3.8) is 0 Å². The Bertz CT molecular complexity index is 1360. The minimum Gasteiger partial charge on any atom is -0.493 e. The summed E-state index contributed by atoms with van der Waals surface area (Å²) in [4.78, 5) is 13.0. The Kier molecular flexibility index (Phi) is 6.56. The maximum Gasteiger partial charge on any atom is 0.207 e. The van der Waals surface area contributed by atoms with Crippen molar-refractivity contribution in [2.75, 3.05) is 7.11 Å². The molecule has 6 heteroatoms. The molecule has 0 aromatic heterocycles. The Labute approximate surface area is 193 Å². The van der Waals surface area contributed by atoms with Crippen LogP contribution in [0, 0.1) is 0 Å². The molecule has 0 N–H and O–H groups in total. The second kappa shape index (κ2) is 9.71. The van der Waals surface area contributed by atoms with E-state index in [4.69, 9.17) is 9.47 Å². The number of methoxy groups -OCH3 is 1. The van der Waals surface area contributed by atoms with E-state index in [9.17, 15) is 13.2 Å². The van der Waals surface area contributed by atoms with Crippen LogP contribution in [0.2, 0.25) is 0 Å². The number of carbonyl (C=O) groups is 1. The molecule has 0 saturated carbocycles.